The molecule has 0 bridgehead atoms. The highest BCUT2D eigenvalue weighted by Crippen LogP contribution is 2.55. The summed E-state index contributed by atoms with van der Waals surface area (Å²) in [6.07, 6.45) is 4.58. The Morgan fingerprint density at radius 2 is 1.80 bits per heavy atom. The van der Waals surface area contributed by atoms with Gasteiger partial charge in [-0.2, -0.15) is 0 Å². The molecule has 110 valence electrons. The van der Waals surface area contributed by atoms with Crippen LogP contribution in [0.3, 0.4) is 0 Å². The van der Waals surface area contributed by atoms with E-state index in [9.17, 15) is 4.79 Å². The van der Waals surface area contributed by atoms with E-state index in [1.807, 2.05) is 13.8 Å². The van der Waals surface area contributed by atoms with Gasteiger partial charge in [0.25, 0.3) is 0 Å². The lowest BCUT2D eigenvalue weighted by atomic mass is 9.96. The quantitative estimate of drug-likeness (QED) is 0.680. The molecule has 1 nitrogen and oxygen atoms in total. The molecule has 1 saturated carbocycles. The second kappa shape index (κ2) is 5.85. The van der Waals surface area contributed by atoms with Crippen molar-refractivity contribution in [2.75, 3.05) is 0 Å². The van der Waals surface area contributed by atoms with E-state index >= 15 is 0 Å². The smallest absolute Gasteiger partial charge is 0.135 e. The fourth-order valence-electron chi connectivity index (χ4n) is 3.30. The molecule has 1 aromatic rings. The maximum atomic E-state index is 11.9. The van der Waals surface area contributed by atoms with Gasteiger partial charge in [-0.25, -0.2) is 0 Å². The minimum atomic E-state index is -1.36. The Hall–Kier alpha value is -0.893. The summed E-state index contributed by atoms with van der Waals surface area (Å²) >= 11 is 0. The summed E-state index contributed by atoms with van der Waals surface area (Å²) in [5.74, 6) is 0.639. The zero-order chi connectivity index (χ0) is 14.8. The highest BCUT2D eigenvalue weighted by molar-refractivity contribution is 6.89. The molecule has 0 radical (unpaired) electrons. The molecule has 0 atom stereocenters. The van der Waals surface area contributed by atoms with Crippen LogP contribution in [0.15, 0.2) is 30.3 Å². The number of carbonyl (C=O) groups is 1. The lowest BCUT2D eigenvalue weighted by Gasteiger charge is -2.28. The fraction of sp³-hybridized carbons (Fsp3) is 0.611. The molecular weight excluding hydrogens is 260 g/mol. The van der Waals surface area contributed by atoms with Crippen molar-refractivity contribution in [2.45, 2.75) is 58.7 Å². The summed E-state index contributed by atoms with van der Waals surface area (Å²) in [4.78, 5) is 11.9. The molecule has 0 aliphatic heterocycles. The Kier molecular flexibility index (Phi) is 4.53. The van der Waals surface area contributed by atoms with Crippen molar-refractivity contribution >= 4 is 19.0 Å². The van der Waals surface area contributed by atoms with Crippen LogP contribution in [0.5, 0.6) is 0 Å². The van der Waals surface area contributed by atoms with E-state index in [1.54, 1.807) is 5.19 Å². The van der Waals surface area contributed by atoms with Crippen molar-refractivity contribution in [1.82, 2.24) is 0 Å². The van der Waals surface area contributed by atoms with E-state index < -0.39 is 8.07 Å². The number of hydrogen-bond acceptors (Lipinski definition) is 1. The van der Waals surface area contributed by atoms with Crippen LogP contribution in [-0.2, 0) is 4.79 Å². The summed E-state index contributed by atoms with van der Waals surface area (Å²) in [5.41, 5.74) is 0.496. The van der Waals surface area contributed by atoms with Gasteiger partial charge in [-0.1, -0.05) is 62.5 Å². The molecule has 0 heterocycles. The van der Waals surface area contributed by atoms with Gasteiger partial charge in [0, 0.05) is 12.3 Å². The Morgan fingerprint density at radius 1 is 1.20 bits per heavy atom. The summed E-state index contributed by atoms with van der Waals surface area (Å²) in [6.45, 7) is 8.99. The molecule has 0 saturated heterocycles. The van der Waals surface area contributed by atoms with Crippen molar-refractivity contribution in [3.63, 3.8) is 0 Å². The van der Waals surface area contributed by atoms with E-state index in [1.165, 1.54) is 18.9 Å². The first kappa shape index (κ1) is 15.5. The van der Waals surface area contributed by atoms with Gasteiger partial charge >= 0.3 is 0 Å². The van der Waals surface area contributed by atoms with Crippen LogP contribution < -0.4 is 5.19 Å². The van der Waals surface area contributed by atoms with Gasteiger partial charge in [0.1, 0.15) is 5.78 Å². The van der Waals surface area contributed by atoms with Crippen molar-refractivity contribution in [2.24, 2.45) is 11.3 Å². The van der Waals surface area contributed by atoms with Gasteiger partial charge in [-0.05, 0) is 30.7 Å². The topological polar surface area (TPSA) is 17.1 Å². The third-order valence-corrected chi connectivity index (χ3v) is 8.41. The average Bonchev–Trinajstić information content (AvgIpc) is 3.16. The Balaban J connectivity index is 1.97. The van der Waals surface area contributed by atoms with E-state index in [0.717, 1.165) is 12.8 Å². The zero-order valence-electron chi connectivity index (χ0n) is 13.4. The van der Waals surface area contributed by atoms with E-state index in [2.05, 4.69) is 43.4 Å². The Bertz CT molecular complexity index is 458. The molecule has 2 rings (SSSR count). The molecule has 0 aromatic heterocycles. The first-order valence-corrected chi connectivity index (χ1v) is 11.1. The zero-order valence-corrected chi connectivity index (χ0v) is 14.4. The SMILES string of the molecule is CC(C)C(=O)CCC1(C[Si](C)(C)c2ccccc2)CC1. The Labute approximate surface area is 124 Å². The van der Waals surface area contributed by atoms with Crippen LogP contribution in [0, 0.1) is 11.3 Å². The van der Waals surface area contributed by atoms with Gasteiger partial charge in [0.2, 0.25) is 0 Å². The van der Waals surface area contributed by atoms with Crippen LogP contribution in [0.4, 0.5) is 0 Å². The average molecular weight is 289 g/mol. The van der Waals surface area contributed by atoms with Crippen LogP contribution in [0.2, 0.25) is 19.1 Å². The van der Waals surface area contributed by atoms with Crippen molar-refractivity contribution in [1.29, 1.82) is 0 Å². The highest BCUT2D eigenvalue weighted by Gasteiger charge is 2.46. The minimum absolute atomic E-state index is 0.199. The molecule has 0 spiro atoms. The highest BCUT2D eigenvalue weighted by atomic mass is 28.3. The molecule has 0 N–H and O–H groups in total. The first-order chi connectivity index (χ1) is 9.35. The monoisotopic (exact) mass is 288 g/mol. The van der Waals surface area contributed by atoms with Crippen LogP contribution >= 0.6 is 0 Å². The lowest BCUT2D eigenvalue weighted by Crippen LogP contribution is -2.43. The molecular formula is C18H28OSi. The van der Waals surface area contributed by atoms with Gasteiger partial charge in [0.05, 0.1) is 8.07 Å². The predicted octanol–water partition coefficient (Wildman–Crippen LogP) is 4.39. The standard InChI is InChI=1S/C18H28OSi/c1-15(2)17(19)10-11-18(12-13-18)14-20(3,4)16-8-6-5-7-9-16/h5-9,15H,10-14H2,1-4H3. The number of carbonyl (C=O) groups excluding carboxylic acids is 1. The van der Waals surface area contributed by atoms with Gasteiger partial charge in [-0.3, -0.25) is 4.79 Å². The third-order valence-electron chi connectivity index (χ3n) is 4.87. The number of benzene rings is 1. The van der Waals surface area contributed by atoms with E-state index in [4.69, 9.17) is 0 Å². The normalized spacial score (nSPS) is 17.2. The maximum absolute atomic E-state index is 11.9. The molecule has 2 heteroatoms. The van der Waals surface area contributed by atoms with Crippen LogP contribution in [0.25, 0.3) is 0 Å². The first-order valence-electron chi connectivity index (χ1n) is 7.93. The lowest BCUT2D eigenvalue weighted by molar-refractivity contribution is -0.122. The molecule has 20 heavy (non-hydrogen) atoms. The second-order valence-electron chi connectivity index (χ2n) is 7.55. The molecule has 1 fully saturated rings. The Morgan fingerprint density at radius 3 is 2.30 bits per heavy atom. The molecule has 1 aliphatic carbocycles. The summed E-state index contributed by atoms with van der Waals surface area (Å²) in [5, 5.41) is 1.56. The van der Waals surface area contributed by atoms with Crippen molar-refractivity contribution in [3.05, 3.63) is 30.3 Å². The predicted molar refractivity (Wildman–Crippen MR) is 89.1 cm³/mol. The van der Waals surface area contributed by atoms with Gasteiger partial charge < -0.3 is 0 Å². The van der Waals surface area contributed by atoms with E-state index in [0.29, 0.717) is 11.2 Å². The molecule has 0 amide bonds. The van der Waals surface area contributed by atoms with Crippen LogP contribution in [0.1, 0.15) is 39.5 Å². The summed E-state index contributed by atoms with van der Waals surface area (Å²) < 4.78 is 0. The maximum Gasteiger partial charge on any atom is 0.135 e. The summed E-state index contributed by atoms with van der Waals surface area (Å²) in [6, 6.07) is 12.3. The van der Waals surface area contributed by atoms with Crippen LogP contribution in [-0.4, -0.2) is 13.9 Å². The van der Waals surface area contributed by atoms with E-state index in [-0.39, 0.29) is 5.92 Å². The number of rotatable bonds is 7. The second-order valence-corrected chi connectivity index (χ2v) is 12.2. The number of ketones is 1. The van der Waals surface area contributed by atoms with Crippen molar-refractivity contribution < 1.29 is 4.79 Å². The number of hydrogen-bond donors (Lipinski definition) is 0. The van der Waals surface area contributed by atoms with Crippen molar-refractivity contribution in [3.8, 4) is 0 Å². The fourth-order valence-corrected chi connectivity index (χ4v) is 7.00. The van der Waals surface area contributed by atoms with Gasteiger partial charge in [0.15, 0.2) is 0 Å². The minimum Gasteiger partial charge on any atom is -0.299 e. The molecule has 1 aromatic carbocycles. The summed E-state index contributed by atoms with van der Waals surface area (Å²) in [7, 11) is -1.36. The van der Waals surface area contributed by atoms with Gasteiger partial charge in [-0.15, -0.1) is 0 Å². The third kappa shape index (κ3) is 3.82. The molecule has 0 unspecified atom stereocenters. The largest absolute Gasteiger partial charge is 0.299 e. The number of Topliss-reactive ketones (excluding diaryl/α,β-unsaturated/α-hetero) is 1. The molecule has 1 aliphatic rings.